The standard InChI is InChI=1S/C11H14N4O/c1-3-5-12-10-13-9-7-8(2)4-6-15(9)11(16)14-10/h4,6-7H,3,5H2,1-2H3,(H,12,14,16). The molecular formula is C11H14N4O. The topological polar surface area (TPSA) is 59.3 Å². The lowest BCUT2D eigenvalue weighted by Gasteiger charge is -2.04. The molecule has 0 aliphatic rings. The summed E-state index contributed by atoms with van der Waals surface area (Å²) < 4.78 is 1.43. The molecule has 0 saturated carbocycles. The number of hydrogen-bond donors (Lipinski definition) is 1. The molecule has 0 saturated heterocycles. The van der Waals surface area contributed by atoms with Gasteiger partial charge in [0.05, 0.1) is 0 Å². The van der Waals surface area contributed by atoms with Crippen LogP contribution in [0.25, 0.3) is 5.65 Å². The van der Waals surface area contributed by atoms with Gasteiger partial charge < -0.3 is 5.32 Å². The van der Waals surface area contributed by atoms with E-state index in [2.05, 4.69) is 15.3 Å². The Labute approximate surface area is 93.2 Å². The molecule has 0 fully saturated rings. The van der Waals surface area contributed by atoms with E-state index in [1.807, 2.05) is 26.0 Å². The molecule has 0 aromatic carbocycles. The fourth-order valence-electron chi connectivity index (χ4n) is 1.43. The number of aromatic nitrogens is 3. The van der Waals surface area contributed by atoms with E-state index in [-0.39, 0.29) is 5.69 Å². The van der Waals surface area contributed by atoms with Gasteiger partial charge in [0.25, 0.3) is 0 Å². The summed E-state index contributed by atoms with van der Waals surface area (Å²) in [5.74, 6) is 0.400. The Morgan fingerprint density at radius 1 is 1.44 bits per heavy atom. The molecule has 0 aliphatic heterocycles. The maximum Gasteiger partial charge on any atom is 0.356 e. The zero-order valence-electron chi connectivity index (χ0n) is 9.40. The lowest BCUT2D eigenvalue weighted by molar-refractivity contribution is 0.904. The van der Waals surface area contributed by atoms with Crippen LogP contribution in [0.15, 0.2) is 23.1 Å². The lowest BCUT2D eigenvalue weighted by atomic mass is 10.3. The summed E-state index contributed by atoms with van der Waals surface area (Å²) in [5, 5.41) is 3.01. The van der Waals surface area contributed by atoms with Gasteiger partial charge in [0.1, 0.15) is 5.65 Å². The second-order valence-corrected chi connectivity index (χ2v) is 3.69. The van der Waals surface area contributed by atoms with Crippen molar-refractivity contribution in [2.45, 2.75) is 20.3 Å². The van der Waals surface area contributed by atoms with Crippen LogP contribution in [-0.2, 0) is 0 Å². The van der Waals surface area contributed by atoms with Crippen LogP contribution in [0.5, 0.6) is 0 Å². The van der Waals surface area contributed by atoms with Crippen molar-refractivity contribution in [1.82, 2.24) is 14.4 Å². The summed E-state index contributed by atoms with van der Waals surface area (Å²) in [4.78, 5) is 19.8. The third-order valence-corrected chi connectivity index (χ3v) is 2.25. The van der Waals surface area contributed by atoms with E-state index in [9.17, 15) is 4.79 Å². The Hall–Kier alpha value is -1.91. The quantitative estimate of drug-likeness (QED) is 0.841. The van der Waals surface area contributed by atoms with E-state index >= 15 is 0 Å². The fourth-order valence-corrected chi connectivity index (χ4v) is 1.43. The van der Waals surface area contributed by atoms with E-state index in [4.69, 9.17) is 0 Å². The Morgan fingerprint density at radius 2 is 2.25 bits per heavy atom. The van der Waals surface area contributed by atoms with Gasteiger partial charge in [-0.1, -0.05) is 6.92 Å². The first-order valence-electron chi connectivity index (χ1n) is 5.31. The van der Waals surface area contributed by atoms with E-state index in [1.165, 1.54) is 4.40 Å². The molecule has 5 heteroatoms. The average molecular weight is 218 g/mol. The van der Waals surface area contributed by atoms with Crippen molar-refractivity contribution in [3.05, 3.63) is 34.4 Å². The molecule has 0 radical (unpaired) electrons. The number of rotatable bonds is 3. The monoisotopic (exact) mass is 218 g/mol. The predicted octanol–water partition coefficient (Wildman–Crippen LogP) is 1.22. The zero-order chi connectivity index (χ0) is 11.5. The molecule has 1 N–H and O–H groups in total. The average Bonchev–Trinajstić information content (AvgIpc) is 2.25. The van der Waals surface area contributed by atoms with E-state index in [0.29, 0.717) is 11.6 Å². The van der Waals surface area contributed by atoms with Gasteiger partial charge in [0.2, 0.25) is 5.95 Å². The summed E-state index contributed by atoms with van der Waals surface area (Å²) >= 11 is 0. The third-order valence-electron chi connectivity index (χ3n) is 2.25. The second kappa shape index (κ2) is 4.30. The van der Waals surface area contributed by atoms with Gasteiger partial charge in [-0.05, 0) is 31.0 Å². The van der Waals surface area contributed by atoms with Gasteiger partial charge >= 0.3 is 5.69 Å². The van der Waals surface area contributed by atoms with Crippen LogP contribution in [-0.4, -0.2) is 20.9 Å². The molecule has 0 aliphatic carbocycles. The van der Waals surface area contributed by atoms with Crippen LogP contribution in [0.2, 0.25) is 0 Å². The Bertz CT molecular complexity index is 561. The molecule has 2 heterocycles. The fraction of sp³-hybridized carbons (Fsp3) is 0.364. The highest BCUT2D eigenvalue weighted by molar-refractivity contribution is 5.44. The van der Waals surface area contributed by atoms with Crippen LogP contribution < -0.4 is 11.0 Å². The Balaban J connectivity index is 2.52. The van der Waals surface area contributed by atoms with Gasteiger partial charge in [-0.2, -0.15) is 9.97 Å². The Kier molecular flexibility index (Phi) is 2.85. The van der Waals surface area contributed by atoms with Gasteiger partial charge in [0.15, 0.2) is 0 Å². The van der Waals surface area contributed by atoms with Gasteiger partial charge in [-0.3, -0.25) is 4.40 Å². The number of hydrogen-bond acceptors (Lipinski definition) is 4. The van der Waals surface area contributed by atoms with Crippen LogP contribution in [0, 0.1) is 6.92 Å². The normalized spacial score (nSPS) is 10.6. The molecule has 0 unspecified atom stereocenters. The lowest BCUT2D eigenvalue weighted by Crippen LogP contribution is -2.21. The van der Waals surface area contributed by atoms with Crippen molar-refractivity contribution in [1.29, 1.82) is 0 Å². The van der Waals surface area contributed by atoms with Crippen LogP contribution in [0.3, 0.4) is 0 Å². The van der Waals surface area contributed by atoms with Crippen LogP contribution >= 0.6 is 0 Å². The molecular weight excluding hydrogens is 204 g/mol. The third kappa shape index (κ3) is 2.03. The van der Waals surface area contributed by atoms with E-state index in [1.54, 1.807) is 6.20 Å². The van der Waals surface area contributed by atoms with Gasteiger partial charge in [0, 0.05) is 12.7 Å². The SMILES string of the molecule is CCCNc1nc(=O)n2ccc(C)cc2n1. The molecule has 2 aromatic heterocycles. The van der Waals surface area contributed by atoms with Gasteiger partial charge in [-0.15, -0.1) is 0 Å². The Morgan fingerprint density at radius 3 is 3.00 bits per heavy atom. The summed E-state index contributed by atoms with van der Waals surface area (Å²) in [6, 6.07) is 3.72. The largest absolute Gasteiger partial charge is 0.356 e. The van der Waals surface area contributed by atoms with Crippen molar-refractivity contribution < 1.29 is 0 Å². The highest BCUT2D eigenvalue weighted by atomic mass is 16.1. The first-order chi connectivity index (χ1) is 7.70. The summed E-state index contributed by atoms with van der Waals surface area (Å²) in [6.07, 6.45) is 2.66. The second-order valence-electron chi connectivity index (χ2n) is 3.69. The van der Waals surface area contributed by atoms with Crippen molar-refractivity contribution in [3.63, 3.8) is 0 Å². The zero-order valence-corrected chi connectivity index (χ0v) is 9.40. The number of anilines is 1. The summed E-state index contributed by atoms with van der Waals surface area (Å²) in [6.45, 7) is 4.78. The van der Waals surface area contributed by atoms with Gasteiger partial charge in [-0.25, -0.2) is 4.79 Å². The highest BCUT2D eigenvalue weighted by Crippen LogP contribution is 2.03. The smallest absolute Gasteiger partial charge is 0.354 e. The minimum absolute atomic E-state index is 0.302. The molecule has 5 nitrogen and oxygen atoms in total. The van der Waals surface area contributed by atoms with Crippen molar-refractivity contribution in [2.75, 3.05) is 11.9 Å². The van der Waals surface area contributed by atoms with Crippen LogP contribution in [0.4, 0.5) is 5.95 Å². The van der Waals surface area contributed by atoms with E-state index < -0.39 is 0 Å². The molecule has 0 amide bonds. The van der Waals surface area contributed by atoms with Crippen molar-refractivity contribution in [3.8, 4) is 0 Å². The first kappa shape index (κ1) is 10.6. The number of pyridine rings is 1. The molecule has 0 atom stereocenters. The minimum atomic E-state index is -0.302. The molecule has 0 bridgehead atoms. The maximum absolute atomic E-state index is 11.6. The molecule has 16 heavy (non-hydrogen) atoms. The first-order valence-corrected chi connectivity index (χ1v) is 5.31. The van der Waals surface area contributed by atoms with E-state index in [0.717, 1.165) is 18.5 Å². The predicted molar refractivity (Wildman–Crippen MR) is 62.8 cm³/mol. The molecule has 84 valence electrons. The highest BCUT2D eigenvalue weighted by Gasteiger charge is 2.02. The maximum atomic E-state index is 11.6. The number of aryl methyl sites for hydroxylation is 1. The minimum Gasteiger partial charge on any atom is -0.354 e. The number of nitrogens with one attached hydrogen (secondary N) is 1. The molecule has 0 spiro atoms. The van der Waals surface area contributed by atoms with Crippen molar-refractivity contribution >= 4 is 11.6 Å². The van der Waals surface area contributed by atoms with Crippen molar-refractivity contribution in [2.24, 2.45) is 0 Å². The summed E-state index contributed by atoms with van der Waals surface area (Å²) in [5.41, 5.74) is 1.39. The number of fused-ring (bicyclic) bond motifs is 1. The summed E-state index contributed by atoms with van der Waals surface area (Å²) in [7, 11) is 0. The molecule has 2 aromatic rings. The molecule has 2 rings (SSSR count). The number of nitrogens with zero attached hydrogens (tertiary/aromatic N) is 3. The van der Waals surface area contributed by atoms with Crippen LogP contribution in [0.1, 0.15) is 18.9 Å².